The maximum absolute atomic E-state index is 10.8. The summed E-state index contributed by atoms with van der Waals surface area (Å²) < 4.78 is 1.98. The summed E-state index contributed by atoms with van der Waals surface area (Å²) >= 11 is 2.95. The summed E-state index contributed by atoms with van der Waals surface area (Å²) in [7, 11) is 0. The van der Waals surface area contributed by atoms with E-state index in [0.717, 1.165) is 11.2 Å². The molecule has 5 nitrogen and oxygen atoms in total. The van der Waals surface area contributed by atoms with Gasteiger partial charge in [-0.1, -0.05) is 11.8 Å². The number of thiophene rings is 1. The van der Waals surface area contributed by atoms with Crippen molar-refractivity contribution >= 4 is 40.2 Å². The number of nitrogens with zero attached hydrogens (tertiary/aromatic N) is 3. The third-order valence-electron chi connectivity index (χ3n) is 2.90. The van der Waals surface area contributed by atoms with E-state index in [2.05, 4.69) is 29.0 Å². The van der Waals surface area contributed by atoms with Crippen LogP contribution in [0.4, 0.5) is 0 Å². The molecule has 0 saturated heterocycles. The normalized spacial score (nSPS) is 11.1. The molecule has 0 fully saturated rings. The van der Waals surface area contributed by atoms with Crippen LogP contribution in [-0.4, -0.2) is 31.4 Å². The van der Waals surface area contributed by atoms with E-state index in [1.807, 2.05) is 16.7 Å². The fraction of sp³-hybridized carbons (Fsp3) is 0.214. The second-order valence-electron chi connectivity index (χ2n) is 4.52. The summed E-state index contributed by atoms with van der Waals surface area (Å²) in [6.07, 6.45) is 1.73. The van der Waals surface area contributed by atoms with Gasteiger partial charge in [-0.05, 0) is 31.2 Å². The summed E-state index contributed by atoms with van der Waals surface area (Å²) in [5.74, 6) is -0.856. The molecule has 0 amide bonds. The molecule has 0 aliphatic heterocycles. The first-order valence-corrected chi connectivity index (χ1v) is 8.15. The van der Waals surface area contributed by atoms with Crippen LogP contribution in [0.15, 0.2) is 35.6 Å². The average Bonchev–Trinajstić information content (AvgIpc) is 3.01. The molecular weight excluding hydrogens is 306 g/mol. The largest absolute Gasteiger partial charge is 0.481 e. The highest BCUT2D eigenvalue weighted by Gasteiger charge is 2.14. The van der Waals surface area contributed by atoms with Gasteiger partial charge in [0.15, 0.2) is 10.8 Å². The number of imidazole rings is 1. The van der Waals surface area contributed by atoms with Crippen molar-refractivity contribution in [2.24, 2.45) is 0 Å². The van der Waals surface area contributed by atoms with Crippen LogP contribution in [0.25, 0.3) is 11.2 Å². The monoisotopic (exact) mass is 319 g/mol. The van der Waals surface area contributed by atoms with Gasteiger partial charge in [-0.15, -0.1) is 11.3 Å². The van der Waals surface area contributed by atoms with Gasteiger partial charge in [0, 0.05) is 16.0 Å². The molecule has 108 valence electrons. The van der Waals surface area contributed by atoms with Crippen LogP contribution >= 0.6 is 23.1 Å². The molecule has 0 radical (unpaired) electrons. The number of hydrogen-bond acceptors (Lipinski definition) is 5. The van der Waals surface area contributed by atoms with Crippen LogP contribution in [0.2, 0.25) is 0 Å². The number of thioether (sulfide) groups is 1. The van der Waals surface area contributed by atoms with E-state index in [1.165, 1.54) is 21.5 Å². The summed E-state index contributed by atoms with van der Waals surface area (Å²) in [4.78, 5) is 22.1. The van der Waals surface area contributed by atoms with E-state index >= 15 is 0 Å². The Morgan fingerprint density at radius 3 is 3.00 bits per heavy atom. The minimum atomic E-state index is -0.849. The number of aliphatic carboxylic acids is 1. The molecule has 21 heavy (non-hydrogen) atoms. The first kappa shape index (κ1) is 14.1. The Bertz CT molecular complexity index is 794. The molecule has 3 aromatic rings. The van der Waals surface area contributed by atoms with Gasteiger partial charge in [0.25, 0.3) is 0 Å². The van der Waals surface area contributed by atoms with Crippen LogP contribution in [0.5, 0.6) is 0 Å². The lowest BCUT2D eigenvalue weighted by atomic mass is 10.4. The SMILES string of the molecule is Cc1ccc(Cn2c(SCC(=O)O)nc3cccnc32)s1. The van der Waals surface area contributed by atoms with Crippen molar-refractivity contribution in [3.05, 3.63) is 40.2 Å². The van der Waals surface area contributed by atoms with Gasteiger partial charge in [-0.25, -0.2) is 9.97 Å². The van der Waals surface area contributed by atoms with Crippen LogP contribution < -0.4 is 0 Å². The number of carboxylic acids is 1. The zero-order chi connectivity index (χ0) is 14.8. The van der Waals surface area contributed by atoms with E-state index < -0.39 is 5.97 Å². The maximum atomic E-state index is 10.8. The highest BCUT2D eigenvalue weighted by Crippen LogP contribution is 2.25. The fourth-order valence-corrected chi connectivity index (χ4v) is 3.64. The van der Waals surface area contributed by atoms with Gasteiger partial charge in [0.1, 0.15) is 5.52 Å². The molecule has 0 aliphatic rings. The Labute approximate surface area is 129 Å². The second-order valence-corrected chi connectivity index (χ2v) is 6.84. The number of aryl methyl sites for hydroxylation is 1. The lowest BCUT2D eigenvalue weighted by molar-refractivity contribution is -0.133. The molecule has 0 aromatic carbocycles. The molecule has 7 heteroatoms. The van der Waals surface area contributed by atoms with Crippen molar-refractivity contribution in [2.75, 3.05) is 5.75 Å². The topological polar surface area (TPSA) is 68.0 Å². The summed E-state index contributed by atoms with van der Waals surface area (Å²) in [5.41, 5.74) is 1.58. The number of pyridine rings is 1. The molecule has 1 N–H and O–H groups in total. The van der Waals surface area contributed by atoms with Gasteiger partial charge < -0.3 is 5.11 Å². The third-order valence-corrected chi connectivity index (χ3v) is 4.85. The van der Waals surface area contributed by atoms with Gasteiger partial charge in [-0.3, -0.25) is 9.36 Å². The van der Waals surface area contributed by atoms with Gasteiger partial charge >= 0.3 is 5.97 Å². The van der Waals surface area contributed by atoms with Crippen molar-refractivity contribution in [1.29, 1.82) is 0 Å². The Morgan fingerprint density at radius 2 is 2.29 bits per heavy atom. The number of rotatable bonds is 5. The van der Waals surface area contributed by atoms with Gasteiger partial charge in [0.05, 0.1) is 12.3 Å². The molecule has 3 heterocycles. The Kier molecular flexibility index (Phi) is 3.94. The van der Waals surface area contributed by atoms with Crippen molar-refractivity contribution in [2.45, 2.75) is 18.6 Å². The zero-order valence-corrected chi connectivity index (χ0v) is 12.9. The zero-order valence-electron chi connectivity index (χ0n) is 11.3. The minimum absolute atomic E-state index is 0.00715. The molecule has 0 atom stereocenters. The number of hydrogen-bond donors (Lipinski definition) is 1. The van der Waals surface area contributed by atoms with Crippen LogP contribution in [-0.2, 0) is 11.3 Å². The molecule has 0 aliphatic carbocycles. The predicted octanol–water partition coefficient (Wildman–Crippen LogP) is 3.03. The summed E-state index contributed by atoms with van der Waals surface area (Å²) in [6, 6.07) is 7.89. The highest BCUT2D eigenvalue weighted by atomic mass is 32.2. The molecule has 0 spiro atoms. The van der Waals surface area contributed by atoms with E-state index in [1.54, 1.807) is 17.5 Å². The second kappa shape index (κ2) is 5.87. The molecule has 0 bridgehead atoms. The summed E-state index contributed by atoms with van der Waals surface area (Å²) in [6.45, 7) is 2.73. The highest BCUT2D eigenvalue weighted by molar-refractivity contribution is 7.99. The first-order valence-electron chi connectivity index (χ1n) is 6.34. The van der Waals surface area contributed by atoms with Crippen molar-refractivity contribution in [3.8, 4) is 0 Å². The average molecular weight is 319 g/mol. The quantitative estimate of drug-likeness (QED) is 0.732. The number of aromatic nitrogens is 3. The van der Waals surface area contributed by atoms with E-state index in [-0.39, 0.29) is 5.75 Å². The number of fused-ring (bicyclic) bond motifs is 1. The number of carbonyl (C=O) groups is 1. The van der Waals surface area contributed by atoms with E-state index in [9.17, 15) is 4.79 Å². The Morgan fingerprint density at radius 1 is 1.43 bits per heavy atom. The predicted molar refractivity (Wildman–Crippen MR) is 84.0 cm³/mol. The lowest BCUT2D eigenvalue weighted by Gasteiger charge is -2.05. The minimum Gasteiger partial charge on any atom is -0.481 e. The van der Waals surface area contributed by atoms with E-state index in [4.69, 9.17) is 5.11 Å². The smallest absolute Gasteiger partial charge is 0.313 e. The maximum Gasteiger partial charge on any atom is 0.313 e. The lowest BCUT2D eigenvalue weighted by Crippen LogP contribution is -2.04. The fourth-order valence-electron chi connectivity index (χ4n) is 2.04. The van der Waals surface area contributed by atoms with Crippen LogP contribution in [0.1, 0.15) is 9.75 Å². The molecule has 0 unspecified atom stereocenters. The Balaban J connectivity index is 2.00. The number of carboxylic acid groups (broad SMARTS) is 1. The van der Waals surface area contributed by atoms with Crippen LogP contribution in [0.3, 0.4) is 0 Å². The molecule has 3 aromatic heterocycles. The van der Waals surface area contributed by atoms with Crippen LogP contribution in [0, 0.1) is 6.92 Å². The molecular formula is C14H13N3O2S2. The van der Waals surface area contributed by atoms with Gasteiger partial charge in [-0.2, -0.15) is 0 Å². The molecule has 0 saturated carbocycles. The third kappa shape index (κ3) is 3.08. The molecule has 3 rings (SSSR count). The summed E-state index contributed by atoms with van der Waals surface area (Å²) in [5, 5.41) is 9.55. The Hall–Kier alpha value is -1.86. The van der Waals surface area contributed by atoms with Gasteiger partial charge in [0.2, 0.25) is 0 Å². The van der Waals surface area contributed by atoms with Crippen molar-refractivity contribution < 1.29 is 9.90 Å². The first-order chi connectivity index (χ1) is 10.1. The van der Waals surface area contributed by atoms with Crippen molar-refractivity contribution in [3.63, 3.8) is 0 Å². The van der Waals surface area contributed by atoms with E-state index in [0.29, 0.717) is 11.7 Å². The standard InChI is InChI=1S/C14H13N3O2S2/c1-9-4-5-10(21-9)7-17-13-11(3-2-6-15-13)16-14(17)20-8-12(18)19/h2-6H,7-8H2,1H3,(H,18,19). The van der Waals surface area contributed by atoms with Crippen molar-refractivity contribution in [1.82, 2.24) is 14.5 Å².